The summed E-state index contributed by atoms with van der Waals surface area (Å²) in [6.45, 7) is -0.0204. The Hall–Kier alpha value is -3.83. The average molecular weight is 529 g/mol. The summed E-state index contributed by atoms with van der Waals surface area (Å²) in [4.78, 5) is 31.1. The second-order valence-corrected chi connectivity index (χ2v) is 10.0. The molecule has 3 aromatic carbocycles. The number of carbonyl (C=O) groups is 2. The molecule has 1 aromatic heterocycles. The van der Waals surface area contributed by atoms with Crippen molar-refractivity contribution in [2.24, 2.45) is 0 Å². The number of aliphatic hydroxyl groups excluding tert-OH is 1. The molecule has 9 nitrogen and oxygen atoms in total. The van der Waals surface area contributed by atoms with E-state index in [1.165, 1.54) is 23.0 Å². The minimum absolute atomic E-state index is 0.0204. The topological polar surface area (TPSA) is 118 Å². The van der Waals surface area contributed by atoms with Crippen molar-refractivity contribution in [1.82, 2.24) is 15.2 Å². The number of rotatable bonds is 7. The lowest BCUT2D eigenvalue weighted by Gasteiger charge is -2.36. The van der Waals surface area contributed by atoms with Crippen LogP contribution in [0.25, 0.3) is 0 Å². The lowest BCUT2D eigenvalue weighted by atomic mass is 10.0. The van der Waals surface area contributed by atoms with Crippen molar-refractivity contribution in [3.05, 3.63) is 107 Å². The van der Waals surface area contributed by atoms with E-state index in [0.717, 1.165) is 16.7 Å². The molecule has 3 heterocycles. The van der Waals surface area contributed by atoms with E-state index >= 15 is 0 Å². The SMILES string of the molecule is O=C1c2ccccc2C(=O)N1c1ccc([C@H]2O[C@@H](CSc3ncn[nH]3)C[C@@H](c3ccc(CO)cc3)O2)cc1. The van der Waals surface area contributed by atoms with Crippen LogP contribution in [0.5, 0.6) is 0 Å². The van der Waals surface area contributed by atoms with Crippen LogP contribution in [-0.2, 0) is 16.1 Å². The molecule has 4 aromatic rings. The van der Waals surface area contributed by atoms with Gasteiger partial charge in [0, 0.05) is 17.7 Å². The van der Waals surface area contributed by atoms with E-state index in [1.54, 1.807) is 36.4 Å². The zero-order valence-electron chi connectivity index (χ0n) is 20.2. The van der Waals surface area contributed by atoms with Crippen LogP contribution in [0.15, 0.2) is 84.3 Å². The molecule has 1 saturated heterocycles. The number of fused-ring (bicyclic) bond motifs is 1. The molecule has 0 radical (unpaired) electrons. The summed E-state index contributed by atoms with van der Waals surface area (Å²) in [6.07, 6.45) is 1.10. The summed E-state index contributed by atoms with van der Waals surface area (Å²) in [6, 6.07) is 21.6. The number of imide groups is 1. The molecule has 2 aliphatic rings. The van der Waals surface area contributed by atoms with Gasteiger partial charge in [-0.15, -0.1) is 0 Å². The Bertz CT molecular complexity index is 1410. The van der Waals surface area contributed by atoms with Gasteiger partial charge in [-0.1, -0.05) is 60.3 Å². The summed E-state index contributed by atoms with van der Waals surface area (Å²) in [5.74, 6) is -0.0215. The van der Waals surface area contributed by atoms with E-state index in [-0.39, 0.29) is 30.6 Å². The van der Waals surface area contributed by atoms with Crippen LogP contribution in [0.1, 0.15) is 56.2 Å². The molecule has 0 spiro atoms. The average Bonchev–Trinajstić information content (AvgIpc) is 3.58. The molecule has 10 heteroatoms. The number of carbonyl (C=O) groups excluding carboxylic acids is 2. The van der Waals surface area contributed by atoms with E-state index in [0.29, 0.717) is 34.1 Å². The van der Waals surface area contributed by atoms with E-state index in [4.69, 9.17) is 9.47 Å². The van der Waals surface area contributed by atoms with Gasteiger partial charge in [0.15, 0.2) is 11.4 Å². The minimum atomic E-state index is -0.650. The molecule has 0 saturated carbocycles. The monoisotopic (exact) mass is 528 g/mol. The maximum atomic E-state index is 12.9. The van der Waals surface area contributed by atoms with Crippen molar-refractivity contribution < 1.29 is 24.2 Å². The Morgan fingerprint density at radius 1 is 0.921 bits per heavy atom. The molecule has 2 amide bonds. The number of H-pyrrole nitrogens is 1. The largest absolute Gasteiger partial charge is 0.392 e. The van der Waals surface area contributed by atoms with Crippen LogP contribution in [0.2, 0.25) is 0 Å². The number of hydrogen-bond donors (Lipinski definition) is 2. The first-order valence-corrected chi connectivity index (χ1v) is 13.2. The van der Waals surface area contributed by atoms with Gasteiger partial charge in [0.2, 0.25) is 0 Å². The highest BCUT2D eigenvalue weighted by Gasteiger charge is 2.37. The maximum absolute atomic E-state index is 12.9. The van der Waals surface area contributed by atoms with E-state index in [1.807, 2.05) is 36.4 Å². The Balaban J connectivity index is 1.23. The molecule has 192 valence electrons. The Morgan fingerprint density at radius 2 is 1.61 bits per heavy atom. The molecule has 0 bridgehead atoms. The minimum Gasteiger partial charge on any atom is -0.392 e. The van der Waals surface area contributed by atoms with Crippen molar-refractivity contribution in [3.8, 4) is 0 Å². The van der Waals surface area contributed by atoms with Gasteiger partial charge in [-0.25, -0.2) is 9.88 Å². The van der Waals surface area contributed by atoms with Gasteiger partial charge in [0.1, 0.15) is 6.33 Å². The van der Waals surface area contributed by atoms with Crippen molar-refractivity contribution in [3.63, 3.8) is 0 Å². The molecule has 0 unspecified atom stereocenters. The normalized spacial score (nSPS) is 21.1. The highest BCUT2D eigenvalue weighted by Crippen LogP contribution is 2.40. The number of hydrogen-bond acceptors (Lipinski definition) is 8. The Morgan fingerprint density at radius 3 is 2.24 bits per heavy atom. The fourth-order valence-electron chi connectivity index (χ4n) is 4.66. The van der Waals surface area contributed by atoms with Crippen LogP contribution in [0.4, 0.5) is 5.69 Å². The van der Waals surface area contributed by atoms with E-state index in [2.05, 4.69) is 15.2 Å². The van der Waals surface area contributed by atoms with Gasteiger partial charge in [-0.2, -0.15) is 5.10 Å². The highest BCUT2D eigenvalue weighted by molar-refractivity contribution is 7.99. The number of thioether (sulfide) groups is 1. The number of ether oxygens (including phenoxy) is 2. The first-order chi connectivity index (χ1) is 18.6. The standard InChI is InChI=1S/C28H24N4O5S/c33-14-17-5-7-18(8-6-17)24-13-21(15-38-28-29-16-30-31-28)36-27(37-24)19-9-11-20(12-10-19)32-25(34)22-3-1-2-4-23(22)26(32)35/h1-12,16,21,24,27,33H,13-15H2,(H,29,30,31)/t21-,24+,27+/m1/s1. The number of nitrogens with one attached hydrogen (secondary N) is 1. The van der Waals surface area contributed by atoms with Gasteiger partial charge in [-0.05, 0) is 35.4 Å². The summed E-state index contributed by atoms with van der Waals surface area (Å²) >= 11 is 1.52. The van der Waals surface area contributed by atoms with E-state index in [9.17, 15) is 14.7 Å². The van der Waals surface area contributed by atoms with Crippen LogP contribution in [0, 0.1) is 0 Å². The number of aliphatic hydroxyl groups is 1. The molecule has 3 atom stereocenters. The Labute approximate surface area is 222 Å². The van der Waals surface area contributed by atoms with Gasteiger partial charge < -0.3 is 14.6 Å². The van der Waals surface area contributed by atoms with Crippen molar-refractivity contribution >= 4 is 29.3 Å². The first kappa shape index (κ1) is 24.5. The number of aromatic nitrogens is 3. The maximum Gasteiger partial charge on any atom is 0.266 e. The summed E-state index contributed by atoms with van der Waals surface area (Å²) in [7, 11) is 0. The van der Waals surface area contributed by atoms with Gasteiger partial charge >= 0.3 is 0 Å². The summed E-state index contributed by atoms with van der Waals surface area (Å²) < 4.78 is 12.7. The zero-order chi connectivity index (χ0) is 26.1. The molecular formula is C28H24N4O5S. The second-order valence-electron chi connectivity index (χ2n) is 9.03. The summed E-state index contributed by atoms with van der Waals surface area (Å²) in [5.41, 5.74) is 3.90. The van der Waals surface area contributed by atoms with E-state index < -0.39 is 6.29 Å². The summed E-state index contributed by atoms with van der Waals surface area (Å²) in [5, 5.41) is 16.9. The van der Waals surface area contributed by atoms with Crippen LogP contribution in [-0.4, -0.2) is 44.0 Å². The molecule has 2 N–H and O–H groups in total. The first-order valence-electron chi connectivity index (χ1n) is 12.2. The third-order valence-corrected chi connectivity index (χ3v) is 7.64. The molecule has 6 rings (SSSR count). The van der Waals surface area contributed by atoms with Gasteiger partial charge in [0.25, 0.3) is 11.8 Å². The number of benzene rings is 3. The molecule has 38 heavy (non-hydrogen) atoms. The predicted molar refractivity (Wildman–Crippen MR) is 140 cm³/mol. The third kappa shape index (κ3) is 4.74. The quantitative estimate of drug-likeness (QED) is 0.267. The van der Waals surface area contributed by atoms with Gasteiger partial charge in [-0.3, -0.25) is 14.7 Å². The number of amides is 2. The molecule has 0 aliphatic carbocycles. The zero-order valence-corrected chi connectivity index (χ0v) is 21.0. The fourth-order valence-corrected chi connectivity index (χ4v) is 5.46. The van der Waals surface area contributed by atoms with Crippen molar-refractivity contribution in [1.29, 1.82) is 0 Å². The van der Waals surface area contributed by atoms with Crippen LogP contribution in [0.3, 0.4) is 0 Å². The molecular weight excluding hydrogens is 504 g/mol. The smallest absolute Gasteiger partial charge is 0.266 e. The van der Waals surface area contributed by atoms with Crippen molar-refractivity contribution in [2.75, 3.05) is 10.7 Å². The van der Waals surface area contributed by atoms with Crippen LogP contribution < -0.4 is 4.90 Å². The fraction of sp³-hybridized carbons (Fsp3) is 0.214. The molecule has 2 aliphatic heterocycles. The van der Waals surface area contributed by atoms with Crippen molar-refractivity contribution in [2.45, 2.75) is 36.7 Å². The van der Waals surface area contributed by atoms with Crippen LogP contribution >= 0.6 is 11.8 Å². The molecule has 1 fully saturated rings. The predicted octanol–water partition coefficient (Wildman–Crippen LogP) is 4.44. The highest BCUT2D eigenvalue weighted by atomic mass is 32.2. The second kappa shape index (κ2) is 10.5. The number of anilines is 1. The number of aromatic amines is 1. The third-order valence-electron chi connectivity index (χ3n) is 6.63. The van der Waals surface area contributed by atoms with Gasteiger partial charge in [0.05, 0.1) is 35.6 Å². The number of nitrogens with zero attached hydrogens (tertiary/aromatic N) is 3. The lowest BCUT2D eigenvalue weighted by Crippen LogP contribution is -2.31. The lowest BCUT2D eigenvalue weighted by molar-refractivity contribution is -0.245. The Kier molecular flexibility index (Phi) is 6.77.